The first-order valence-electron chi connectivity index (χ1n) is 8.85. The number of nitrogens with two attached hydrogens (primary N) is 1. The van der Waals surface area contributed by atoms with Gasteiger partial charge >= 0.3 is 5.97 Å². The molecule has 0 aliphatic heterocycles. The van der Waals surface area contributed by atoms with Crippen LogP contribution in [0.15, 0.2) is 12.7 Å². The Kier molecular flexibility index (Phi) is 5.67. The Morgan fingerprint density at radius 3 is 2.96 bits per heavy atom. The number of carbonyl (C=O) groups is 1. The zero-order chi connectivity index (χ0) is 18.7. The smallest absolute Gasteiger partial charge is 0.305 e. The van der Waals surface area contributed by atoms with Gasteiger partial charge in [-0.25, -0.2) is 15.0 Å². The van der Waals surface area contributed by atoms with Crippen LogP contribution in [0.4, 0.5) is 5.82 Å². The van der Waals surface area contributed by atoms with E-state index in [1.165, 1.54) is 6.33 Å². The largest absolute Gasteiger partial charge is 0.465 e. The molecule has 2 heterocycles. The fraction of sp³-hybridized carbons (Fsp3) is 0.647. The molecule has 9 nitrogen and oxygen atoms in total. The average molecular weight is 362 g/mol. The van der Waals surface area contributed by atoms with Gasteiger partial charge in [0.15, 0.2) is 11.5 Å². The van der Waals surface area contributed by atoms with Crippen LogP contribution in [-0.4, -0.2) is 69.3 Å². The number of fused-ring (bicyclic) bond motifs is 1. The van der Waals surface area contributed by atoms with Crippen molar-refractivity contribution in [3.05, 3.63) is 12.7 Å². The number of anilines is 1. The number of rotatable bonds is 8. The summed E-state index contributed by atoms with van der Waals surface area (Å²) in [5, 5.41) is 9.78. The van der Waals surface area contributed by atoms with Crippen LogP contribution in [0.2, 0.25) is 0 Å². The van der Waals surface area contributed by atoms with E-state index < -0.39 is 0 Å². The Morgan fingerprint density at radius 2 is 2.23 bits per heavy atom. The van der Waals surface area contributed by atoms with Crippen molar-refractivity contribution in [1.29, 1.82) is 0 Å². The third kappa shape index (κ3) is 3.78. The van der Waals surface area contributed by atoms with E-state index in [1.54, 1.807) is 6.33 Å². The van der Waals surface area contributed by atoms with E-state index in [1.807, 2.05) is 23.6 Å². The van der Waals surface area contributed by atoms with Gasteiger partial charge in [0.25, 0.3) is 0 Å². The van der Waals surface area contributed by atoms with Crippen molar-refractivity contribution in [1.82, 2.24) is 24.4 Å². The summed E-state index contributed by atoms with van der Waals surface area (Å²) in [4.78, 5) is 26.4. The summed E-state index contributed by atoms with van der Waals surface area (Å²) in [5.41, 5.74) is 7.06. The first-order chi connectivity index (χ1) is 12.5. The lowest BCUT2D eigenvalue weighted by Crippen LogP contribution is -2.43. The summed E-state index contributed by atoms with van der Waals surface area (Å²) in [6, 6.07) is 0.0664. The van der Waals surface area contributed by atoms with Crippen LogP contribution in [0.1, 0.15) is 25.3 Å². The SMILES string of the molecule is CN(C)CCCC(=O)OC[C@H]1C[C@@H](n2cnc3c(N)ncnc32)[C@H]1CO. The Balaban J connectivity index is 1.55. The molecule has 0 amide bonds. The minimum absolute atomic E-state index is 0.00170. The number of aromatic nitrogens is 4. The fourth-order valence-electron chi connectivity index (χ4n) is 3.48. The summed E-state index contributed by atoms with van der Waals surface area (Å²) < 4.78 is 7.33. The maximum absolute atomic E-state index is 11.8. The van der Waals surface area contributed by atoms with Crippen LogP contribution in [0.3, 0.4) is 0 Å². The van der Waals surface area contributed by atoms with Gasteiger partial charge in [-0.3, -0.25) is 4.79 Å². The monoisotopic (exact) mass is 362 g/mol. The van der Waals surface area contributed by atoms with Crippen molar-refractivity contribution in [3.63, 3.8) is 0 Å². The summed E-state index contributed by atoms with van der Waals surface area (Å²) in [6.45, 7) is 1.22. The number of hydrogen-bond donors (Lipinski definition) is 2. The first kappa shape index (κ1) is 18.5. The van der Waals surface area contributed by atoms with E-state index in [2.05, 4.69) is 15.0 Å². The number of imidazole rings is 1. The average Bonchev–Trinajstić information content (AvgIpc) is 2.99. The van der Waals surface area contributed by atoms with Gasteiger partial charge in [-0.05, 0) is 33.5 Å². The molecule has 142 valence electrons. The highest BCUT2D eigenvalue weighted by atomic mass is 16.5. The van der Waals surface area contributed by atoms with Gasteiger partial charge in [-0.2, -0.15) is 0 Å². The summed E-state index contributed by atoms with van der Waals surface area (Å²) in [7, 11) is 3.95. The van der Waals surface area contributed by atoms with E-state index in [0.29, 0.717) is 30.0 Å². The normalized spacial score (nSPS) is 22.5. The molecule has 9 heteroatoms. The highest BCUT2D eigenvalue weighted by Crippen LogP contribution is 2.45. The topological polar surface area (TPSA) is 119 Å². The standard InChI is InChI=1S/C17H26N6O3/c1-22(2)5-3-4-14(25)26-8-11-6-13(12(11)7-24)23-10-21-15-16(18)19-9-20-17(15)23/h9-13,24H,3-8H2,1-2H3,(H2,18,19,20)/t11-,12+,13-/m1/s1. The van der Waals surface area contributed by atoms with Crippen LogP contribution in [0.5, 0.6) is 0 Å². The molecule has 26 heavy (non-hydrogen) atoms. The second kappa shape index (κ2) is 7.96. The number of aliphatic hydroxyl groups is 1. The molecule has 0 aromatic carbocycles. The molecule has 3 N–H and O–H groups in total. The molecule has 1 saturated carbocycles. The molecule has 2 aromatic rings. The number of nitrogen functional groups attached to an aromatic ring is 1. The molecule has 2 aromatic heterocycles. The van der Waals surface area contributed by atoms with E-state index in [4.69, 9.17) is 10.5 Å². The second-order valence-corrected chi connectivity index (χ2v) is 7.08. The minimum atomic E-state index is -0.180. The van der Waals surface area contributed by atoms with Crippen molar-refractivity contribution in [3.8, 4) is 0 Å². The van der Waals surface area contributed by atoms with Crippen molar-refractivity contribution in [2.75, 3.05) is 39.6 Å². The van der Waals surface area contributed by atoms with Gasteiger partial charge < -0.3 is 25.0 Å². The Bertz CT molecular complexity index is 762. The summed E-state index contributed by atoms with van der Waals surface area (Å²) in [6.07, 6.45) is 5.10. The maximum atomic E-state index is 11.8. The van der Waals surface area contributed by atoms with Crippen LogP contribution >= 0.6 is 0 Å². The number of nitrogens with zero attached hydrogens (tertiary/aromatic N) is 5. The third-order valence-corrected chi connectivity index (χ3v) is 5.04. The highest BCUT2D eigenvalue weighted by molar-refractivity contribution is 5.81. The zero-order valence-corrected chi connectivity index (χ0v) is 15.2. The van der Waals surface area contributed by atoms with Gasteiger partial charge in [0.05, 0.1) is 12.9 Å². The Labute approximate surface area is 152 Å². The van der Waals surface area contributed by atoms with Gasteiger partial charge in [0.2, 0.25) is 0 Å². The lowest BCUT2D eigenvalue weighted by Gasteiger charge is -2.44. The molecule has 3 atom stereocenters. The van der Waals surface area contributed by atoms with Gasteiger partial charge in [0, 0.05) is 30.9 Å². The first-order valence-corrected chi connectivity index (χ1v) is 8.85. The Hall–Kier alpha value is -2.26. The minimum Gasteiger partial charge on any atom is -0.465 e. The Morgan fingerprint density at radius 1 is 1.42 bits per heavy atom. The van der Waals surface area contributed by atoms with Crippen molar-refractivity contribution >= 4 is 23.0 Å². The van der Waals surface area contributed by atoms with E-state index in [0.717, 1.165) is 19.4 Å². The van der Waals surface area contributed by atoms with Crippen molar-refractivity contribution < 1.29 is 14.6 Å². The van der Waals surface area contributed by atoms with Crippen molar-refractivity contribution in [2.45, 2.75) is 25.3 Å². The maximum Gasteiger partial charge on any atom is 0.305 e. The number of hydrogen-bond acceptors (Lipinski definition) is 8. The van der Waals surface area contributed by atoms with Gasteiger partial charge in [0.1, 0.15) is 11.8 Å². The lowest BCUT2D eigenvalue weighted by molar-refractivity contribution is -0.148. The fourth-order valence-corrected chi connectivity index (χ4v) is 3.48. The molecule has 1 aliphatic rings. The van der Waals surface area contributed by atoms with Crippen LogP contribution in [0, 0.1) is 11.8 Å². The third-order valence-electron chi connectivity index (χ3n) is 5.04. The molecular weight excluding hydrogens is 336 g/mol. The number of ether oxygens (including phenoxy) is 1. The predicted octanol–water partition coefficient (Wildman–Crippen LogP) is 0.463. The lowest BCUT2D eigenvalue weighted by atomic mass is 9.70. The van der Waals surface area contributed by atoms with E-state index in [-0.39, 0.29) is 30.5 Å². The van der Waals surface area contributed by atoms with E-state index in [9.17, 15) is 9.90 Å². The van der Waals surface area contributed by atoms with E-state index >= 15 is 0 Å². The van der Waals surface area contributed by atoms with Gasteiger partial charge in [-0.15, -0.1) is 0 Å². The molecule has 3 rings (SSSR count). The summed E-state index contributed by atoms with van der Waals surface area (Å²) in [5.74, 6) is 0.301. The van der Waals surface area contributed by atoms with Crippen LogP contribution in [-0.2, 0) is 9.53 Å². The number of aliphatic hydroxyl groups excluding tert-OH is 1. The molecule has 1 fully saturated rings. The molecule has 0 spiro atoms. The zero-order valence-electron chi connectivity index (χ0n) is 15.2. The van der Waals surface area contributed by atoms with Gasteiger partial charge in [-0.1, -0.05) is 0 Å². The molecule has 0 unspecified atom stereocenters. The molecule has 0 saturated heterocycles. The van der Waals surface area contributed by atoms with Crippen molar-refractivity contribution in [2.24, 2.45) is 11.8 Å². The molecule has 0 radical (unpaired) electrons. The van der Waals surface area contributed by atoms with Crippen LogP contribution in [0.25, 0.3) is 11.2 Å². The molecular formula is C17H26N6O3. The highest BCUT2D eigenvalue weighted by Gasteiger charge is 2.43. The quantitative estimate of drug-likeness (QED) is 0.650. The molecule has 1 aliphatic carbocycles. The summed E-state index contributed by atoms with van der Waals surface area (Å²) >= 11 is 0. The number of esters is 1. The van der Waals surface area contributed by atoms with Crippen LogP contribution < -0.4 is 5.73 Å². The molecule has 0 bridgehead atoms. The number of carbonyl (C=O) groups excluding carboxylic acids is 1. The second-order valence-electron chi connectivity index (χ2n) is 7.08. The predicted molar refractivity (Wildman–Crippen MR) is 96.2 cm³/mol.